The molecule has 9 rings (SSSR count). The Morgan fingerprint density at radius 3 is 2.20 bits per heavy atom. The number of anilines is 1. The van der Waals surface area contributed by atoms with Gasteiger partial charge >= 0.3 is 6.03 Å². The van der Waals surface area contributed by atoms with Gasteiger partial charge in [0.1, 0.15) is 17.9 Å². The number of carbonyl (C=O) groups is 3. The van der Waals surface area contributed by atoms with Gasteiger partial charge in [-0.15, -0.1) is 0 Å². The lowest BCUT2D eigenvalue weighted by molar-refractivity contribution is -0.122. The van der Waals surface area contributed by atoms with Crippen LogP contribution >= 0.6 is 22.6 Å². The summed E-state index contributed by atoms with van der Waals surface area (Å²) >= 11 is 2.19. The number of hydrogen-bond donors (Lipinski definition) is 1. The Morgan fingerprint density at radius 1 is 0.822 bits per heavy atom. The first kappa shape index (κ1) is 28.5. The van der Waals surface area contributed by atoms with Gasteiger partial charge in [-0.2, -0.15) is 0 Å². The van der Waals surface area contributed by atoms with E-state index in [0.29, 0.717) is 23.6 Å². The third kappa shape index (κ3) is 5.25. The lowest BCUT2D eigenvalue weighted by atomic mass is 9.48. The number of rotatable bonds is 6. The molecule has 4 bridgehead atoms. The molecular formula is C38H33IN2O4. The van der Waals surface area contributed by atoms with E-state index in [9.17, 15) is 14.4 Å². The van der Waals surface area contributed by atoms with Gasteiger partial charge in [0, 0.05) is 0 Å². The van der Waals surface area contributed by atoms with E-state index in [4.69, 9.17) is 4.74 Å². The first-order chi connectivity index (χ1) is 21.8. The molecule has 0 radical (unpaired) electrons. The van der Waals surface area contributed by atoms with Crippen LogP contribution in [0.1, 0.15) is 55.2 Å². The Bertz CT molecular complexity index is 1860. The normalized spacial score (nSPS) is 26.5. The van der Waals surface area contributed by atoms with Gasteiger partial charge in [0.2, 0.25) is 0 Å². The van der Waals surface area contributed by atoms with E-state index in [1.807, 2.05) is 42.5 Å². The minimum Gasteiger partial charge on any atom is -0.488 e. The fraction of sp³-hybridized carbons (Fsp3) is 0.289. The van der Waals surface area contributed by atoms with Crippen LogP contribution in [0, 0.1) is 21.3 Å². The summed E-state index contributed by atoms with van der Waals surface area (Å²) in [4.78, 5) is 40.4. The molecule has 1 N–H and O–H groups in total. The third-order valence-electron chi connectivity index (χ3n) is 10.4. The molecule has 226 valence electrons. The first-order valence-electron chi connectivity index (χ1n) is 15.8. The van der Waals surface area contributed by atoms with Crippen LogP contribution in [-0.4, -0.2) is 17.8 Å². The highest BCUT2D eigenvalue weighted by Crippen LogP contribution is 2.60. The SMILES string of the molecule is O=C1NC(=O)N(c2ccc(C34CC5CC(CC(C5)C3)C4)cc2)C(=O)/C1=C/c1ccc(OCc2ccc3ccccc3c2)c(I)c1. The Morgan fingerprint density at radius 2 is 1.51 bits per heavy atom. The third-order valence-corrected chi connectivity index (χ3v) is 11.2. The largest absolute Gasteiger partial charge is 0.488 e. The highest BCUT2D eigenvalue weighted by atomic mass is 127. The molecule has 0 spiro atoms. The molecule has 0 aromatic heterocycles. The molecule has 4 aromatic rings. The van der Waals surface area contributed by atoms with Gasteiger partial charge in [0.15, 0.2) is 0 Å². The van der Waals surface area contributed by atoms with Gasteiger partial charge in [-0.05, 0) is 148 Å². The average Bonchev–Trinajstić information content (AvgIpc) is 3.02. The summed E-state index contributed by atoms with van der Waals surface area (Å²) in [5.41, 5.74) is 3.67. The minimum absolute atomic E-state index is 0.0830. The van der Waals surface area contributed by atoms with Gasteiger partial charge < -0.3 is 4.74 Å². The molecule has 4 amide bonds. The number of urea groups is 1. The molecule has 45 heavy (non-hydrogen) atoms. The zero-order valence-electron chi connectivity index (χ0n) is 24.8. The highest BCUT2D eigenvalue weighted by Gasteiger charge is 2.51. The van der Waals surface area contributed by atoms with E-state index in [1.54, 1.807) is 0 Å². The number of nitrogens with zero attached hydrogens (tertiary/aromatic N) is 1. The summed E-state index contributed by atoms with van der Waals surface area (Å²) in [6, 6.07) is 27.2. The van der Waals surface area contributed by atoms with Crippen molar-refractivity contribution in [1.29, 1.82) is 0 Å². The molecule has 5 aliphatic rings. The van der Waals surface area contributed by atoms with Crippen molar-refractivity contribution in [3.05, 3.63) is 111 Å². The fourth-order valence-electron chi connectivity index (χ4n) is 8.70. The van der Waals surface area contributed by atoms with Crippen molar-refractivity contribution < 1.29 is 19.1 Å². The van der Waals surface area contributed by atoms with E-state index in [-0.39, 0.29) is 11.0 Å². The van der Waals surface area contributed by atoms with E-state index in [2.05, 4.69) is 70.4 Å². The molecular weight excluding hydrogens is 675 g/mol. The highest BCUT2D eigenvalue weighted by molar-refractivity contribution is 14.1. The van der Waals surface area contributed by atoms with Crippen LogP contribution < -0.4 is 15.0 Å². The van der Waals surface area contributed by atoms with Gasteiger partial charge in [0.25, 0.3) is 11.8 Å². The summed E-state index contributed by atoms with van der Waals surface area (Å²) in [5.74, 6) is 1.88. The molecule has 4 aliphatic carbocycles. The number of nitrogens with one attached hydrogen (secondary N) is 1. The molecule has 4 saturated carbocycles. The summed E-state index contributed by atoms with van der Waals surface area (Å²) in [5, 5.41) is 4.71. The number of barbiturate groups is 1. The summed E-state index contributed by atoms with van der Waals surface area (Å²) in [7, 11) is 0. The van der Waals surface area contributed by atoms with Crippen molar-refractivity contribution in [1.82, 2.24) is 5.32 Å². The second kappa shape index (κ2) is 11.1. The number of hydrogen-bond acceptors (Lipinski definition) is 4. The van der Waals surface area contributed by atoms with Gasteiger partial charge in [-0.25, -0.2) is 9.69 Å². The second-order valence-electron chi connectivity index (χ2n) is 13.4. The van der Waals surface area contributed by atoms with E-state index in [0.717, 1.165) is 37.2 Å². The molecule has 7 heteroatoms. The first-order valence-corrected chi connectivity index (χ1v) is 16.8. The molecule has 0 atom stereocenters. The number of ether oxygens (including phenoxy) is 1. The van der Waals surface area contributed by atoms with Crippen LogP contribution in [0.4, 0.5) is 10.5 Å². The van der Waals surface area contributed by atoms with Crippen molar-refractivity contribution in [2.45, 2.75) is 50.5 Å². The summed E-state index contributed by atoms with van der Waals surface area (Å²) in [6.07, 6.45) is 9.41. The lowest BCUT2D eigenvalue weighted by Crippen LogP contribution is -2.54. The van der Waals surface area contributed by atoms with Crippen LogP contribution in [-0.2, 0) is 21.6 Å². The van der Waals surface area contributed by atoms with E-state index < -0.39 is 17.8 Å². The zero-order valence-corrected chi connectivity index (χ0v) is 27.0. The summed E-state index contributed by atoms with van der Waals surface area (Å²) in [6.45, 7) is 0.418. The van der Waals surface area contributed by atoms with Crippen molar-refractivity contribution in [2.75, 3.05) is 4.90 Å². The topological polar surface area (TPSA) is 75.7 Å². The molecule has 4 aromatic carbocycles. The van der Waals surface area contributed by atoms with Crippen LogP contribution in [0.15, 0.2) is 90.5 Å². The quantitative estimate of drug-likeness (QED) is 0.125. The average molecular weight is 709 g/mol. The molecule has 1 aliphatic heterocycles. The molecule has 1 heterocycles. The second-order valence-corrected chi connectivity index (χ2v) is 14.5. The van der Waals surface area contributed by atoms with Crippen LogP contribution in [0.3, 0.4) is 0 Å². The molecule has 0 unspecified atom stereocenters. The predicted molar refractivity (Wildman–Crippen MR) is 183 cm³/mol. The Hall–Kier alpha value is -3.98. The lowest BCUT2D eigenvalue weighted by Gasteiger charge is -2.57. The maximum Gasteiger partial charge on any atom is 0.335 e. The molecule has 6 nitrogen and oxygen atoms in total. The number of imide groups is 2. The Labute approximate surface area is 276 Å². The number of carbonyl (C=O) groups excluding carboxylic acids is 3. The van der Waals surface area contributed by atoms with Gasteiger partial charge in [-0.1, -0.05) is 54.6 Å². The smallest absolute Gasteiger partial charge is 0.335 e. The zero-order chi connectivity index (χ0) is 30.7. The standard InChI is InChI=1S/C38H33IN2O4/c39-33-18-23(6-12-34(33)45-22-24-5-7-28-3-1-2-4-29(28)16-24)17-32-35(42)40-37(44)41(36(32)43)31-10-8-30(9-11-31)38-19-25-13-26(20-38)15-27(14-25)21-38/h1-12,16-18,25-27H,13-15,19-22H2,(H,40,42,44)/b32-17+. The van der Waals surface area contributed by atoms with Crippen molar-refractivity contribution in [3.8, 4) is 5.75 Å². The summed E-state index contributed by atoms with van der Waals surface area (Å²) < 4.78 is 6.95. The maximum atomic E-state index is 13.6. The Balaban J connectivity index is 0.994. The van der Waals surface area contributed by atoms with Crippen LogP contribution in [0.25, 0.3) is 16.8 Å². The molecule has 5 fully saturated rings. The van der Waals surface area contributed by atoms with Crippen molar-refractivity contribution in [2.24, 2.45) is 17.8 Å². The number of fused-ring (bicyclic) bond motifs is 1. The van der Waals surface area contributed by atoms with Crippen molar-refractivity contribution >= 4 is 63.0 Å². The Kier molecular flexibility index (Phi) is 7.04. The van der Waals surface area contributed by atoms with Gasteiger partial charge in [0.05, 0.1) is 9.26 Å². The number of benzene rings is 4. The molecule has 1 saturated heterocycles. The fourth-order valence-corrected chi connectivity index (χ4v) is 9.40. The van der Waals surface area contributed by atoms with Crippen molar-refractivity contribution in [3.63, 3.8) is 0 Å². The predicted octanol–water partition coefficient (Wildman–Crippen LogP) is 8.16. The monoisotopic (exact) mass is 708 g/mol. The van der Waals surface area contributed by atoms with E-state index >= 15 is 0 Å². The maximum absolute atomic E-state index is 13.6. The van der Waals surface area contributed by atoms with E-state index in [1.165, 1.54) is 55.6 Å². The van der Waals surface area contributed by atoms with Crippen LogP contribution in [0.5, 0.6) is 5.75 Å². The number of amides is 4. The van der Waals surface area contributed by atoms with Gasteiger partial charge in [-0.3, -0.25) is 14.9 Å². The minimum atomic E-state index is -0.725. The van der Waals surface area contributed by atoms with Crippen LogP contribution in [0.2, 0.25) is 0 Å². The number of halogens is 1.